The maximum atomic E-state index is 12.5. The van der Waals surface area contributed by atoms with E-state index in [0.717, 1.165) is 0 Å². The number of benzene rings is 1. The molecule has 10 nitrogen and oxygen atoms in total. The van der Waals surface area contributed by atoms with Crippen LogP contribution in [0.1, 0.15) is 59.2 Å². The topological polar surface area (TPSA) is 139 Å². The van der Waals surface area contributed by atoms with Gasteiger partial charge in [0.2, 0.25) is 0 Å². The molecule has 1 aromatic rings. The van der Waals surface area contributed by atoms with Crippen molar-refractivity contribution in [2.45, 2.75) is 50.7 Å². The van der Waals surface area contributed by atoms with Crippen molar-refractivity contribution >= 4 is 35.8 Å². The lowest BCUT2D eigenvalue weighted by molar-refractivity contribution is -0.155. The average molecular weight is 470 g/mol. The van der Waals surface area contributed by atoms with E-state index < -0.39 is 71.7 Å². The van der Waals surface area contributed by atoms with Crippen LogP contribution >= 0.6 is 0 Å². The van der Waals surface area contributed by atoms with E-state index in [1.165, 1.54) is 24.3 Å². The van der Waals surface area contributed by atoms with Crippen LogP contribution in [0.3, 0.4) is 0 Å². The summed E-state index contributed by atoms with van der Waals surface area (Å²) < 4.78 is 20.3. The summed E-state index contributed by atoms with van der Waals surface area (Å²) in [6.45, 7) is 0. The fraction of sp³-hybridized carbons (Fsp3) is 0.500. The highest BCUT2D eigenvalue weighted by Crippen LogP contribution is 2.39. The number of hydrogen-bond donors (Lipinski definition) is 0. The van der Waals surface area contributed by atoms with Crippen LogP contribution in [0.4, 0.5) is 0 Å². The highest BCUT2D eigenvalue weighted by atomic mass is 16.6. The lowest BCUT2D eigenvalue weighted by Crippen LogP contribution is -2.33. The van der Waals surface area contributed by atoms with Crippen molar-refractivity contribution < 1.29 is 47.7 Å². The zero-order valence-electron chi connectivity index (χ0n) is 18.1. The molecular formula is C24H22O10. The molecule has 0 amide bonds. The van der Waals surface area contributed by atoms with Crippen molar-refractivity contribution in [1.29, 1.82) is 0 Å². The maximum Gasteiger partial charge on any atom is 0.338 e. The lowest BCUT2D eigenvalue weighted by Gasteiger charge is -2.27. The zero-order valence-corrected chi connectivity index (χ0v) is 18.1. The Morgan fingerprint density at radius 2 is 0.941 bits per heavy atom. The molecule has 2 saturated carbocycles. The van der Waals surface area contributed by atoms with E-state index in [1.807, 2.05) is 0 Å². The van der Waals surface area contributed by atoms with E-state index in [-0.39, 0.29) is 24.0 Å². The number of cyclic esters (lactones) is 4. The van der Waals surface area contributed by atoms with Crippen molar-refractivity contribution in [1.82, 2.24) is 0 Å². The first kappa shape index (κ1) is 22.2. The minimum atomic E-state index is -0.594. The van der Waals surface area contributed by atoms with Crippen LogP contribution in [0.5, 0.6) is 0 Å². The number of ether oxygens (including phenoxy) is 4. The third kappa shape index (κ3) is 4.08. The van der Waals surface area contributed by atoms with Gasteiger partial charge in [0, 0.05) is 0 Å². The van der Waals surface area contributed by atoms with E-state index in [2.05, 4.69) is 9.47 Å². The fourth-order valence-corrected chi connectivity index (χ4v) is 5.25. The van der Waals surface area contributed by atoms with Crippen LogP contribution in [0.2, 0.25) is 0 Å². The Morgan fingerprint density at radius 3 is 1.32 bits per heavy atom. The van der Waals surface area contributed by atoms with Crippen molar-refractivity contribution in [2.75, 3.05) is 0 Å². The molecule has 4 aliphatic rings. The predicted molar refractivity (Wildman–Crippen MR) is 109 cm³/mol. The Labute approximate surface area is 193 Å². The summed E-state index contributed by atoms with van der Waals surface area (Å²) in [6.07, 6.45) is 1.26. The minimum absolute atomic E-state index is 0.233. The number of carbonyl (C=O) groups excluding carboxylic acids is 6. The molecule has 0 N–H and O–H groups in total. The maximum absolute atomic E-state index is 12.5. The standard InChI is InChI=1S/C24H22O10/c25-19(31-13-5-7-15-17(9-13)23(29)33-21(15)27)11-1-2-12(4-3-11)20(26)32-14-6-8-16-18(10-14)24(30)34-22(16)28/h1-4,13-18H,5-10H2. The molecule has 6 unspecified atom stereocenters. The Morgan fingerprint density at radius 1 is 0.588 bits per heavy atom. The highest BCUT2D eigenvalue weighted by Gasteiger charge is 2.49. The van der Waals surface area contributed by atoms with Crippen molar-refractivity contribution in [3.05, 3.63) is 35.4 Å². The summed E-state index contributed by atoms with van der Waals surface area (Å²) in [7, 11) is 0. The first-order valence-electron chi connectivity index (χ1n) is 11.3. The molecule has 4 fully saturated rings. The van der Waals surface area contributed by atoms with Gasteiger partial charge in [0.15, 0.2) is 0 Å². The van der Waals surface area contributed by atoms with Crippen molar-refractivity contribution in [3.8, 4) is 0 Å². The monoisotopic (exact) mass is 470 g/mol. The van der Waals surface area contributed by atoms with Gasteiger partial charge in [0.1, 0.15) is 12.2 Å². The van der Waals surface area contributed by atoms with Gasteiger partial charge in [-0.25, -0.2) is 9.59 Å². The molecule has 2 aliphatic carbocycles. The number of hydrogen-bond acceptors (Lipinski definition) is 10. The molecule has 178 valence electrons. The summed E-state index contributed by atoms with van der Waals surface area (Å²) >= 11 is 0. The van der Waals surface area contributed by atoms with Gasteiger partial charge in [-0.05, 0) is 62.8 Å². The van der Waals surface area contributed by atoms with E-state index in [0.29, 0.717) is 25.7 Å². The predicted octanol–water partition coefficient (Wildman–Crippen LogP) is 1.74. The molecule has 2 saturated heterocycles. The van der Waals surface area contributed by atoms with E-state index in [1.54, 1.807) is 0 Å². The highest BCUT2D eigenvalue weighted by molar-refractivity contribution is 5.97. The third-order valence-corrected chi connectivity index (χ3v) is 7.12. The molecule has 2 aliphatic heterocycles. The Bertz CT molecular complexity index is 989. The van der Waals surface area contributed by atoms with Crippen LogP contribution in [-0.2, 0) is 38.1 Å². The van der Waals surface area contributed by atoms with E-state index in [9.17, 15) is 28.8 Å². The molecule has 0 bridgehead atoms. The molecule has 2 heterocycles. The van der Waals surface area contributed by atoms with Gasteiger partial charge in [0.05, 0.1) is 34.8 Å². The lowest BCUT2D eigenvalue weighted by atomic mass is 9.79. The molecule has 0 radical (unpaired) electrons. The number of rotatable bonds is 4. The Kier molecular flexibility index (Phi) is 5.66. The summed E-state index contributed by atoms with van der Waals surface area (Å²) in [5, 5.41) is 0. The van der Waals surface area contributed by atoms with Gasteiger partial charge >= 0.3 is 35.8 Å². The Balaban J connectivity index is 1.15. The second kappa shape index (κ2) is 8.66. The van der Waals surface area contributed by atoms with Crippen LogP contribution in [0.25, 0.3) is 0 Å². The van der Waals surface area contributed by atoms with Gasteiger partial charge in [-0.2, -0.15) is 0 Å². The van der Waals surface area contributed by atoms with Crippen molar-refractivity contribution in [2.24, 2.45) is 23.7 Å². The van der Waals surface area contributed by atoms with Gasteiger partial charge in [-0.15, -0.1) is 0 Å². The van der Waals surface area contributed by atoms with Gasteiger partial charge in [-0.1, -0.05) is 0 Å². The molecule has 6 atom stereocenters. The molecular weight excluding hydrogens is 448 g/mol. The number of fused-ring (bicyclic) bond motifs is 2. The van der Waals surface area contributed by atoms with Gasteiger partial charge in [0.25, 0.3) is 0 Å². The van der Waals surface area contributed by atoms with Gasteiger partial charge in [-0.3, -0.25) is 19.2 Å². The van der Waals surface area contributed by atoms with Crippen molar-refractivity contribution in [3.63, 3.8) is 0 Å². The molecule has 0 aromatic heterocycles. The van der Waals surface area contributed by atoms with Crippen LogP contribution < -0.4 is 0 Å². The largest absolute Gasteiger partial charge is 0.459 e. The average Bonchev–Trinajstić information content (AvgIpc) is 3.27. The second-order valence-electron chi connectivity index (χ2n) is 9.16. The molecule has 5 rings (SSSR count). The molecule has 34 heavy (non-hydrogen) atoms. The van der Waals surface area contributed by atoms with Crippen LogP contribution in [-0.4, -0.2) is 48.0 Å². The first-order chi connectivity index (χ1) is 16.3. The van der Waals surface area contributed by atoms with Gasteiger partial charge < -0.3 is 18.9 Å². The second-order valence-corrected chi connectivity index (χ2v) is 9.16. The number of carbonyl (C=O) groups is 6. The van der Waals surface area contributed by atoms with Crippen LogP contribution in [0.15, 0.2) is 24.3 Å². The molecule has 0 spiro atoms. The summed E-state index contributed by atoms with van der Waals surface area (Å²) in [6, 6.07) is 5.79. The molecule has 1 aromatic carbocycles. The minimum Gasteiger partial charge on any atom is -0.459 e. The zero-order chi connectivity index (χ0) is 24.0. The first-order valence-corrected chi connectivity index (χ1v) is 11.3. The quantitative estimate of drug-likeness (QED) is 0.363. The summed E-state index contributed by atoms with van der Waals surface area (Å²) in [4.78, 5) is 71.9. The van der Waals surface area contributed by atoms with Crippen LogP contribution in [0, 0.1) is 23.7 Å². The normalized spacial score (nSPS) is 32.4. The third-order valence-electron chi connectivity index (χ3n) is 7.12. The summed E-state index contributed by atoms with van der Waals surface area (Å²) in [5.74, 6) is -5.39. The number of esters is 6. The Hall–Kier alpha value is -3.56. The summed E-state index contributed by atoms with van der Waals surface area (Å²) in [5.41, 5.74) is 0.466. The van der Waals surface area contributed by atoms with E-state index in [4.69, 9.17) is 9.47 Å². The smallest absolute Gasteiger partial charge is 0.338 e. The fourth-order valence-electron chi connectivity index (χ4n) is 5.25. The molecule has 10 heteroatoms. The SMILES string of the molecule is O=C(OC1CCC2C(=O)OC(=O)C2C1)c1ccc(C(=O)OC2CCC3C(=O)OC(=O)C3C2)cc1. The van der Waals surface area contributed by atoms with E-state index >= 15 is 0 Å².